The monoisotopic (exact) mass is 414 g/mol. The van der Waals surface area contributed by atoms with Gasteiger partial charge in [-0.1, -0.05) is 0 Å². The number of thioether (sulfide) groups is 1. The summed E-state index contributed by atoms with van der Waals surface area (Å²) in [6.07, 6.45) is 4.21. The van der Waals surface area contributed by atoms with Gasteiger partial charge in [-0.25, -0.2) is 9.78 Å². The van der Waals surface area contributed by atoms with Gasteiger partial charge in [0, 0.05) is 31.6 Å². The van der Waals surface area contributed by atoms with Gasteiger partial charge in [0.05, 0.1) is 18.3 Å². The van der Waals surface area contributed by atoms with Crippen LogP contribution in [0.4, 0.5) is 0 Å². The molecule has 0 amide bonds. The first-order valence-corrected chi connectivity index (χ1v) is 11.2. The van der Waals surface area contributed by atoms with Gasteiger partial charge >= 0.3 is 5.97 Å². The zero-order valence-corrected chi connectivity index (χ0v) is 18.4. The van der Waals surface area contributed by atoms with E-state index in [-0.39, 0.29) is 16.8 Å². The molecule has 1 aliphatic rings. The van der Waals surface area contributed by atoms with Gasteiger partial charge in [-0.15, -0.1) is 11.3 Å². The summed E-state index contributed by atoms with van der Waals surface area (Å²) >= 11 is 3.25. The molecule has 152 valence electrons. The van der Waals surface area contributed by atoms with Crippen LogP contribution in [0.5, 0.6) is 0 Å². The average molecular weight is 415 g/mol. The van der Waals surface area contributed by atoms with Crippen molar-refractivity contribution in [2.24, 2.45) is 4.99 Å². The largest absolute Gasteiger partial charge is 0.462 e. The number of hydrogen-bond donors (Lipinski definition) is 2. The van der Waals surface area contributed by atoms with Crippen molar-refractivity contribution in [1.29, 1.82) is 0 Å². The van der Waals surface area contributed by atoms with Gasteiger partial charge in [0.2, 0.25) is 0 Å². The molecule has 0 radical (unpaired) electrons. The molecule has 27 heavy (non-hydrogen) atoms. The molecular formula is C18H30N4O3S2. The van der Waals surface area contributed by atoms with Crippen molar-refractivity contribution in [3.8, 4) is 0 Å². The van der Waals surface area contributed by atoms with E-state index in [1.165, 1.54) is 11.3 Å². The second-order valence-corrected chi connectivity index (χ2v) is 8.78. The molecule has 0 aliphatic carbocycles. The van der Waals surface area contributed by atoms with Crippen LogP contribution in [0.2, 0.25) is 0 Å². The van der Waals surface area contributed by atoms with E-state index in [1.54, 1.807) is 14.0 Å². The highest BCUT2D eigenvalue weighted by atomic mass is 32.2. The normalized spacial score (nSPS) is 18.0. The first kappa shape index (κ1) is 22.0. The Balaban J connectivity index is 1.97. The summed E-state index contributed by atoms with van der Waals surface area (Å²) in [6, 6.07) is -0.0667. The number of carbonyl (C=O) groups excluding carboxylic acids is 1. The number of esters is 1. The number of aliphatic imine (C=N–C) groups is 1. The van der Waals surface area contributed by atoms with Crippen LogP contribution in [0, 0.1) is 6.92 Å². The summed E-state index contributed by atoms with van der Waals surface area (Å²) < 4.78 is 10.8. The summed E-state index contributed by atoms with van der Waals surface area (Å²) in [6.45, 7) is 8.44. The van der Waals surface area contributed by atoms with E-state index >= 15 is 0 Å². The first-order valence-electron chi connectivity index (χ1n) is 9.19. The standard InChI is InChI=1S/C18H30N4O3S2/c1-6-25-16(23)14-12(2)21-15(27-14)13(3)22-17(19-4)20-11-18(26-5)7-9-24-10-8-18/h13H,6-11H2,1-5H3,(H2,19,20,22). The van der Waals surface area contributed by atoms with E-state index in [2.05, 4.69) is 26.9 Å². The van der Waals surface area contributed by atoms with E-state index in [9.17, 15) is 4.79 Å². The van der Waals surface area contributed by atoms with Gasteiger partial charge in [-0.05, 0) is 39.9 Å². The number of thiazole rings is 1. The fraction of sp³-hybridized carbons (Fsp3) is 0.722. The number of nitrogens with zero attached hydrogens (tertiary/aromatic N) is 2. The highest BCUT2D eigenvalue weighted by molar-refractivity contribution is 8.00. The molecule has 1 unspecified atom stereocenters. The van der Waals surface area contributed by atoms with Crippen LogP contribution in [-0.2, 0) is 9.47 Å². The minimum Gasteiger partial charge on any atom is -0.462 e. The number of nitrogens with one attached hydrogen (secondary N) is 2. The summed E-state index contributed by atoms with van der Waals surface area (Å²) in [5.74, 6) is 0.419. The molecule has 0 spiro atoms. The number of guanidine groups is 1. The van der Waals surface area contributed by atoms with Gasteiger partial charge in [0.15, 0.2) is 5.96 Å². The molecule has 0 aromatic carbocycles. The topological polar surface area (TPSA) is 84.8 Å². The average Bonchev–Trinajstić information content (AvgIpc) is 3.08. The van der Waals surface area contributed by atoms with E-state index < -0.39 is 0 Å². The van der Waals surface area contributed by atoms with Crippen molar-refractivity contribution in [2.75, 3.05) is 39.7 Å². The molecule has 7 nitrogen and oxygen atoms in total. The summed E-state index contributed by atoms with van der Waals surface area (Å²) in [5.41, 5.74) is 0.702. The molecular weight excluding hydrogens is 384 g/mol. The minimum absolute atomic E-state index is 0.0667. The number of hydrogen-bond acceptors (Lipinski definition) is 7. The lowest BCUT2D eigenvalue weighted by molar-refractivity contribution is 0.0531. The lowest BCUT2D eigenvalue weighted by atomic mass is 9.99. The second kappa shape index (κ2) is 10.3. The van der Waals surface area contributed by atoms with Crippen LogP contribution in [0.1, 0.15) is 53.1 Å². The molecule has 0 bridgehead atoms. The molecule has 2 N–H and O–H groups in total. The van der Waals surface area contributed by atoms with Gasteiger partial charge in [0.1, 0.15) is 9.88 Å². The van der Waals surface area contributed by atoms with Gasteiger partial charge in [0.25, 0.3) is 0 Å². The van der Waals surface area contributed by atoms with Crippen LogP contribution < -0.4 is 10.6 Å². The van der Waals surface area contributed by atoms with Crippen molar-refractivity contribution in [3.05, 3.63) is 15.6 Å². The highest BCUT2D eigenvalue weighted by Crippen LogP contribution is 2.33. The van der Waals surface area contributed by atoms with Crippen LogP contribution >= 0.6 is 23.1 Å². The summed E-state index contributed by atoms with van der Waals surface area (Å²) in [4.78, 5) is 21.4. The molecule has 9 heteroatoms. The third-order valence-electron chi connectivity index (χ3n) is 4.64. The van der Waals surface area contributed by atoms with Crippen LogP contribution in [-0.4, -0.2) is 61.3 Å². The second-order valence-electron chi connectivity index (χ2n) is 6.48. The minimum atomic E-state index is -0.310. The first-order chi connectivity index (χ1) is 12.9. The molecule has 2 heterocycles. The predicted octanol–water partition coefficient (Wildman–Crippen LogP) is 2.77. The van der Waals surface area contributed by atoms with E-state index in [4.69, 9.17) is 9.47 Å². The van der Waals surface area contributed by atoms with Gasteiger partial charge in [-0.2, -0.15) is 11.8 Å². The number of carbonyl (C=O) groups is 1. The van der Waals surface area contributed by atoms with Crippen LogP contribution in [0.15, 0.2) is 4.99 Å². The Morgan fingerprint density at radius 2 is 2.19 bits per heavy atom. The van der Waals surface area contributed by atoms with Crippen molar-refractivity contribution < 1.29 is 14.3 Å². The van der Waals surface area contributed by atoms with Crippen molar-refractivity contribution >= 4 is 35.0 Å². The van der Waals surface area contributed by atoms with E-state index in [1.807, 2.05) is 25.6 Å². The number of aryl methyl sites for hydroxylation is 1. The number of ether oxygens (including phenoxy) is 2. The van der Waals surface area contributed by atoms with Crippen LogP contribution in [0.25, 0.3) is 0 Å². The third kappa shape index (κ3) is 5.83. The fourth-order valence-electron chi connectivity index (χ4n) is 2.89. The number of rotatable bonds is 7. The maximum Gasteiger partial charge on any atom is 0.350 e. The van der Waals surface area contributed by atoms with E-state index in [0.717, 1.165) is 43.6 Å². The van der Waals surface area contributed by atoms with E-state index in [0.29, 0.717) is 17.2 Å². The molecule has 1 aromatic heterocycles. The molecule has 1 atom stereocenters. The lowest BCUT2D eigenvalue weighted by Gasteiger charge is -2.36. The van der Waals surface area contributed by atoms with Gasteiger partial charge in [-0.3, -0.25) is 4.99 Å². The maximum atomic E-state index is 12.0. The molecule has 1 aromatic rings. The quantitative estimate of drug-likeness (QED) is 0.403. The van der Waals surface area contributed by atoms with Gasteiger partial charge < -0.3 is 20.1 Å². The molecule has 1 saturated heterocycles. The smallest absolute Gasteiger partial charge is 0.350 e. The van der Waals surface area contributed by atoms with Crippen molar-refractivity contribution in [1.82, 2.24) is 15.6 Å². The Morgan fingerprint density at radius 3 is 2.78 bits per heavy atom. The Bertz CT molecular complexity index is 657. The molecule has 0 saturated carbocycles. The zero-order valence-electron chi connectivity index (χ0n) is 16.8. The van der Waals surface area contributed by atoms with Crippen molar-refractivity contribution in [3.63, 3.8) is 0 Å². The fourth-order valence-corrected chi connectivity index (χ4v) is 4.65. The van der Waals surface area contributed by atoms with Crippen LogP contribution in [0.3, 0.4) is 0 Å². The van der Waals surface area contributed by atoms with Crippen molar-refractivity contribution in [2.45, 2.75) is 44.4 Å². The maximum absolute atomic E-state index is 12.0. The zero-order chi connectivity index (χ0) is 19.9. The Morgan fingerprint density at radius 1 is 1.48 bits per heavy atom. The lowest BCUT2D eigenvalue weighted by Crippen LogP contribution is -2.48. The summed E-state index contributed by atoms with van der Waals surface area (Å²) in [5, 5.41) is 7.65. The third-order valence-corrected chi connectivity index (χ3v) is 7.38. The SMILES string of the molecule is CCOC(=O)c1sc(C(C)NC(=NC)NCC2(SC)CCOCC2)nc1C. The molecule has 1 aliphatic heterocycles. The molecule has 1 fully saturated rings. The Hall–Kier alpha value is -1.32. The predicted molar refractivity (Wildman–Crippen MR) is 112 cm³/mol. The highest BCUT2D eigenvalue weighted by Gasteiger charge is 2.32. The summed E-state index contributed by atoms with van der Waals surface area (Å²) in [7, 11) is 1.76. The Kier molecular flexibility index (Phi) is 8.37. The Labute approximate surface area is 169 Å². The number of aromatic nitrogens is 1. The molecule has 2 rings (SSSR count).